The molecule has 100 heavy (non-hydrogen) atoms. The molecule has 1 saturated carbocycles. The van der Waals surface area contributed by atoms with E-state index in [4.69, 9.17) is 11.6 Å². The van der Waals surface area contributed by atoms with Gasteiger partial charge in [-0.3, -0.25) is 57.5 Å². The van der Waals surface area contributed by atoms with Gasteiger partial charge in [0.05, 0.1) is 48.3 Å². The predicted molar refractivity (Wildman–Crippen MR) is 366 cm³/mol. The molecule has 1 aliphatic carbocycles. The standard InChI is InChI=1S/C71H101ClF3N13O12/c1-14-45(6)60-67(98)82(9)41-58(91)80(7)42-59(92)84(11)54(37-47-22-24-48(39-76)25-23-47)65(96)81(8)40-56(89)77-51(29-27-46-26-28-49(50(72)36-46)71(73,74)75)64(95)88-34-20-21-52(88)63(94)79-70(30-16-17-31-70)69(100)86(13)61(44(4)5)68(99)85(12)55(66(97)87-32-18-15-19-33-87)38-57(90)83(10)53(35-43(2)3)62(93)78-60/h22-26,28,36,43-45,51-55,60-61H,14-21,27,29-35,37-38,40-42H2,1-13H3,(H,77,89)(H,78,93)(H,79,94)/t45-,51-,52?,53-,54-,55-,60-,61-/m0/s1. The summed E-state index contributed by atoms with van der Waals surface area (Å²) in [5, 5.41) is 17.5. The van der Waals surface area contributed by atoms with E-state index in [0.29, 0.717) is 62.7 Å². The van der Waals surface area contributed by atoms with Crippen LogP contribution in [0, 0.1) is 29.1 Å². The molecule has 2 aromatic rings. The quantitative estimate of drug-likeness (QED) is 0.277. The largest absolute Gasteiger partial charge is 0.417 e. The molecule has 29 heteroatoms. The normalized spacial score (nSPS) is 24.6. The average molecular weight is 1420 g/mol. The Morgan fingerprint density at radius 3 is 1.84 bits per heavy atom. The molecule has 0 radical (unpaired) electrons. The van der Waals surface area contributed by atoms with Crippen molar-refractivity contribution in [2.45, 2.75) is 192 Å². The molecule has 1 unspecified atom stereocenters. The number of nitrogens with zero attached hydrogens (tertiary/aromatic N) is 10. The number of nitrogens with one attached hydrogen (secondary N) is 3. The maximum absolute atomic E-state index is 15.4. The maximum atomic E-state index is 15.4. The molecule has 2 aromatic carbocycles. The summed E-state index contributed by atoms with van der Waals surface area (Å²) in [5.41, 5.74) is -1.64. The van der Waals surface area contributed by atoms with Gasteiger partial charge < -0.3 is 60.0 Å². The molecule has 3 heterocycles. The molecular formula is C71H101ClF3N13O12. The summed E-state index contributed by atoms with van der Waals surface area (Å²) >= 11 is 6.13. The van der Waals surface area contributed by atoms with Crippen LogP contribution in [0.4, 0.5) is 13.2 Å². The summed E-state index contributed by atoms with van der Waals surface area (Å²) < 4.78 is 41.5. The van der Waals surface area contributed by atoms with Crippen molar-refractivity contribution in [1.29, 1.82) is 5.26 Å². The lowest BCUT2D eigenvalue weighted by Gasteiger charge is -2.42. The number of fused-ring (bicyclic) bond motifs is 1. The van der Waals surface area contributed by atoms with Gasteiger partial charge in [0.25, 0.3) is 0 Å². The number of benzene rings is 2. The second kappa shape index (κ2) is 35.3. The van der Waals surface area contributed by atoms with E-state index in [1.807, 2.05) is 19.9 Å². The highest BCUT2D eigenvalue weighted by atomic mass is 35.5. The molecule has 4 fully saturated rings. The number of halogens is 4. The van der Waals surface area contributed by atoms with Crippen LogP contribution < -0.4 is 16.0 Å². The van der Waals surface area contributed by atoms with Crippen LogP contribution >= 0.6 is 11.6 Å². The Kier molecular flexibility index (Phi) is 28.5. The van der Waals surface area contributed by atoms with Crippen LogP contribution in [-0.4, -0.2) is 251 Å². The third kappa shape index (κ3) is 20.0. The van der Waals surface area contributed by atoms with Gasteiger partial charge in [0.2, 0.25) is 70.9 Å². The molecule has 550 valence electrons. The molecule has 8 atom stereocenters. The zero-order valence-corrected chi connectivity index (χ0v) is 60.8. The second-order valence-corrected chi connectivity index (χ2v) is 28.7. The smallest absolute Gasteiger partial charge is 0.343 e. The lowest BCUT2D eigenvalue weighted by Crippen LogP contribution is -2.65. The van der Waals surface area contributed by atoms with Gasteiger partial charge in [-0.05, 0) is 117 Å². The zero-order chi connectivity index (χ0) is 74.4. The summed E-state index contributed by atoms with van der Waals surface area (Å²) in [6, 6.07) is 2.05. The molecule has 25 nitrogen and oxygen atoms in total. The first kappa shape index (κ1) is 80.6. The molecule has 0 bridgehead atoms. The fourth-order valence-electron chi connectivity index (χ4n) is 13.8. The van der Waals surface area contributed by atoms with Crippen LogP contribution in [0.2, 0.25) is 5.02 Å². The minimum atomic E-state index is -4.78. The number of aryl methyl sites for hydroxylation is 1. The van der Waals surface area contributed by atoms with Gasteiger partial charge in [0.1, 0.15) is 47.8 Å². The number of hydrogen-bond acceptors (Lipinski definition) is 13. The van der Waals surface area contributed by atoms with E-state index in [-0.39, 0.29) is 63.0 Å². The predicted octanol–water partition coefficient (Wildman–Crippen LogP) is 4.64. The van der Waals surface area contributed by atoms with Crippen molar-refractivity contribution in [3.05, 3.63) is 69.7 Å². The summed E-state index contributed by atoms with van der Waals surface area (Å²) in [4.78, 5) is 189. The van der Waals surface area contributed by atoms with Crippen LogP contribution in [0.15, 0.2) is 42.5 Å². The van der Waals surface area contributed by atoms with Crippen LogP contribution in [0.1, 0.15) is 147 Å². The number of carbonyl (C=O) groups is 12. The van der Waals surface area contributed by atoms with E-state index in [1.54, 1.807) is 44.7 Å². The van der Waals surface area contributed by atoms with Crippen molar-refractivity contribution in [2.24, 2.45) is 17.8 Å². The maximum Gasteiger partial charge on any atom is 0.417 e. The first-order valence-corrected chi connectivity index (χ1v) is 35.0. The summed E-state index contributed by atoms with van der Waals surface area (Å²) in [6.45, 7) is 9.44. The van der Waals surface area contributed by atoms with E-state index in [2.05, 4.69) is 16.0 Å². The third-order valence-corrected chi connectivity index (χ3v) is 20.4. The first-order chi connectivity index (χ1) is 47.0. The van der Waals surface area contributed by atoms with Gasteiger partial charge in [-0.2, -0.15) is 18.4 Å². The molecule has 3 aliphatic heterocycles. The Hall–Kier alpha value is -8.35. The number of nitriles is 1. The van der Waals surface area contributed by atoms with Gasteiger partial charge in [-0.1, -0.05) is 90.6 Å². The Morgan fingerprint density at radius 1 is 0.660 bits per heavy atom. The molecule has 0 aromatic heterocycles. The van der Waals surface area contributed by atoms with Crippen molar-refractivity contribution in [1.82, 2.24) is 60.0 Å². The second-order valence-electron chi connectivity index (χ2n) is 28.3. The molecule has 4 aliphatic rings. The number of amides is 12. The number of rotatable bonds is 11. The lowest BCUT2D eigenvalue weighted by atomic mass is 9.91. The Balaban J connectivity index is 1.43. The molecule has 12 amide bonds. The minimum absolute atomic E-state index is 0.00220. The Morgan fingerprint density at radius 2 is 1.26 bits per heavy atom. The van der Waals surface area contributed by atoms with Crippen molar-refractivity contribution >= 4 is 82.5 Å². The van der Waals surface area contributed by atoms with E-state index in [1.165, 1.54) is 87.1 Å². The van der Waals surface area contributed by atoms with Gasteiger partial charge in [0, 0.05) is 75.4 Å². The Bertz CT molecular complexity index is 3370. The van der Waals surface area contributed by atoms with Crippen molar-refractivity contribution < 1.29 is 70.7 Å². The number of alkyl halides is 3. The summed E-state index contributed by atoms with van der Waals surface area (Å²) in [5.74, 6) is -9.84. The zero-order valence-electron chi connectivity index (χ0n) is 60.0. The number of likely N-dealkylation sites (N-methyl/N-ethyl adjacent to an activating group) is 7. The fourth-order valence-corrected chi connectivity index (χ4v) is 14.1. The summed E-state index contributed by atoms with van der Waals surface area (Å²) in [7, 11) is 9.52. The van der Waals surface area contributed by atoms with Crippen molar-refractivity contribution in [3.8, 4) is 6.07 Å². The third-order valence-electron chi connectivity index (χ3n) is 20.1. The molecule has 3 N–H and O–H groups in total. The molecule has 1 spiro atoms. The minimum Gasteiger partial charge on any atom is -0.343 e. The number of carbonyl (C=O) groups excluding carboxylic acids is 12. The van der Waals surface area contributed by atoms with Crippen LogP contribution in [0.25, 0.3) is 0 Å². The highest BCUT2D eigenvalue weighted by Crippen LogP contribution is 2.37. The van der Waals surface area contributed by atoms with E-state index < -0.39 is 173 Å². The topological polar surface area (TPSA) is 294 Å². The lowest BCUT2D eigenvalue weighted by molar-refractivity contribution is -0.156. The number of piperidine rings is 1. The summed E-state index contributed by atoms with van der Waals surface area (Å²) in [6.07, 6.45) is -1.59. The molecule has 3 saturated heterocycles. The van der Waals surface area contributed by atoms with Crippen molar-refractivity contribution in [3.63, 3.8) is 0 Å². The van der Waals surface area contributed by atoms with Gasteiger partial charge in [-0.25, -0.2) is 0 Å². The van der Waals surface area contributed by atoms with Gasteiger partial charge >= 0.3 is 6.18 Å². The van der Waals surface area contributed by atoms with Crippen LogP contribution in [-0.2, 0) is 76.6 Å². The van der Waals surface area contributed by atoms with Crippen LogP contribution in [0.5, 0.6) is 0 Å². The average Bonchev–Trinajstić information content (AvgIpc) is 1.66. The first-order valence-electron chi connectivity index (χ1n) is 34.6. The van der Waals surface area contributed by atoms with E-state index in [9.17, 15) is 56.8 Å². The number of hydrogen-bond donors (Lipinski definition) is 3. The van der Waals surface area contributed by atoms with Gasteiger partial charge in [-0.15, -0.1) is 0 Å². The van der Waals surface area contributed by atoms with Crippen LogP contribution in [0.3, 0.4) is 0 Å². The molecule has 6 rings (SSSR count). The monoisotopic (exact) mass is 1420 g/mol. The number of likely N-dealkylation sites (tertiary alicyclic amines) is 1. The Labute approximate surface area is 590 Å². The highest BCUT2D eigenvalue weighted by Gasteiger charge is 2.51. The van der Waals surface area contributed by atoms with E-state index in [0.717, 1.165) is 38.2 Å². The van der Waals surface area contributed by atoms with Crippen molar-refractivity contribution in [2.75, 3.05) is 88.6 Å². The molecular weight excluding hydrogens is 1320 g/mol. The SMILES string of the molecule is CC[C@H](C)[C@@H]1NC(=O)[C@H](CC(C)C)N(C)C(=O)C[C@@H](C(=O)N2CCCCC2)N(C)C(=O)[C@H](C(C)C)N(C)C(=O)C2(CCCC2)NC(=O)C2CCCN2C(=O)[C@H](CCc2ccc(C(F)(F)F)c(Cl)c2)NC(=O)CN(C)C(=O)[C@H](Cc2ccc(C#N)cc2)N(C)C(=O)CN(C)C(=O)CN(C)C1=O. The van der Waals surface area contributed by atoms with E-state index >= 15 is 19.2 Å². The highest BCUT2D eigenvalue weighted by molar-refractivity contribution is 6.31. The van der Waals surface area contributed by atoms with Gasteiger partial charge in [0.15, 0.2) is 0 Å². The fraction of sp³-hybridized carbons (Fsp3) is 0.648.